The quantitative estimate of drug-likeness (QED) is 0.764. The molecule has 0 aromatic carbocycles. The normalized spacial score (nSPS) is 28.6. The van der Waals surface area contributed by atoms with E-state index in [0.29, 0.717) is 23.2 Å². The smallest absolute Gasteiger partial charge is 0.306 e. The van der Waals surface area contributed by atoms with Gasteiger partial charge in [0, 0.05) is 0 Å². The third-order valence-electron chi connectivity index (χ3n) is 5.32. The maximum Gasteiger partial charge on any atom is 0.306 e. The average molecular weight is 268 g/mol. The third-order valence-corrected chi connectivity index (χ3v) is 5.32. The number of rotatable bonds is 5. The summed E-state index contributed by atoms with van der Waals surface area (Å²) >= 11 is 0. The van der Waals surface area contributed by atoms with Gasteiger partial charge < -0.3 is 5.11 Å². The Labute approximate surface area is 119 Å². The first-order valence-corrected chi connectivity index (χ1v) is 8.02. The second kappa shape index (κ2) is 6.76. The topological polar surface area (TPSA) is 37.3 Å². The zero-order valence-corrected chi connectivity index (χ0v) is 13.4. The fourth-order valence-electron chi connectivity index (χ4n) is 3.69. The Kier molecular flexibility index (Phi) is 5.88. The van der Waals surface area contributed by atoms with Crippen LogP contribution in [0.2, 0.25) is 0 Å². The fourth-order valence-corrected chi connectivity index (χ4v) is 3.69. The summed E-state index contributed by atoms with van der Waals surface area (Å²) < 4.78 is 0. The molecule has 1 N–H and O–H groups in total. The number of hydrogen-bond donors (Lipinski definition) is 1. The zero-order chi connectivity index (χ0) is 14.6. The van der Waals surface area contributed by atoms with Crippen molar-refractivity contribution in [1.82, 2.24) is 0 Å². The van der Waals surface area contributed by atoms with Crippen LogP contribution >= 0.6 is 0 Å². The van der Waals surface area contributed by atoms with Gasteiger partial charge in [0.1, 0.15) is 0 Å². The lowest BCUT2D eigenvalue weighted by molar-refractivity contribution is -0.146. The first-order valence-electron chi connectivity index (χ1n) is 8.02. The third kappa shape index (κ3) is 4.50. The van der Waals surface area contributed by atoms with E-state index in [1.807, 2.05) is 0 Å². The largest absolute Gasteiger partial charge is 0.481 e. The molecule has 0 aromatic rings. The monoisotopic (exact) mass is 268 g/mol. The molecule has 0 radical (unpaired) electrons. The van der Waals surface area contributed by atoms with E-state index in [4.69, 9.17) is 0 Å². The molecule has 1 aliphatic rings. The first kappa shape index (κ1) is 16.5. The van der Waals surface area contributed by atoms with Gasteiger partial charge in [-0.15, -0.1) is 0 Å². The van der Waals surface area contributed by atoms with Gasteiger partial charge in [0.15, 0.2) is 0 Å². The molecule has 0 aromatic heterocycles. The van der Waals surface area contributed by atoms with Crippen LogP contribution in [0.1, 0.15) is 73.1 Å². The zero-order valence-electron chi connectivity index (χ0n) is 13.4. The Morgan fingerprint density at radius 3 is 2.21 bits per heavy atom. The highest BCUT2D eigenvalue weighted by molar-refractivity contribution is 5.70. The lowest BCUT2D eigenvalue weighted by Crippen LogP contribution is -2.36. The highest BCUT2D eigenvalue weighted by Gasteiger charge is 2.39. The lowest BCUT2D eigenvalue weighted by atomic mass is 9.63. The number of aliphatic carboxylic acids is 1. The minimum Gasteiger partial charge on any atom is -0.481 e. The van der Waals surface area contributed by atoms with E-state index in [-0.39, 0.29) is 5.92 Å². The molecule has 1 aliphatic carbocycles. The van der Waals surface area contributed by atoms with Crippen molar-refractivity contribution in [1.29, 1.82) is 0 Å². The van der Waals surface area contributed by atoms with Crippen LogP contribution in [0.4, 0.5) is 0 Å². The van der Waals surface area contributed by atoms with Crippen LogP contribution in [0.3, 0.4) is 0 Å². The van der Waals surface area contributed by atoms with Crippen molar-refractivity contribution in [3.8, 4) is 0 Å². The molecular weight excluding hydrogens is 236 g/mol. The Balaban J connectivity index is 2.76. The van der Waals surface area contributed by atoms with E-state index in [0.717, 1.165) is 25.7 Å². The Morgan fingerprint density at radius 1 is 1.21 bits per heavy atom. The summed E-state index contributed by atoms with van der Waals surface area (Å²) in [4.78, 5) is 11.5. The van der Waals surface area contributed by atoms with Crippen molar-refractivity contribution in [3.63, 3.8) is 0 Å². The fraction of sp³-hybridized carbons (Fsp3) is 0.941. The van der Waals surface area contributed by atoms with Crippen LogP contribution in [0.25, 0.3) is 0 Å². The minimum atomic E-state index is -0.566. The molecule has 2 heteroatoms. The van der Waals surface area contributed by atoms with Crippen molar-refractivity contribution < 1.29 is 9.90 Å². The Morgan fingerprint density at radius 2 is 1.79 bits per heavy atom. The maximum absolute atomic E-state index is 11.5. The molecule has 0 heterocycles. The molecule has 3 atom stereocenters. The Hall–Kier alpha value is -0.530. The molecule has 19 heavy (non-hydrogen) atoms. The van der Waals surface area contributed by atoms with Crippen molar-refractivity contribution in [2.24, 2.45) is 29.1 Å². The van der Waals surface area contributed by atoms with Gasteiger partial charge in [-0.1, -0.05) is 47.5 Å². The molecule has 112 valence electrons. The van der Waals surface area contributed by atoms with E-state index in [9.17, 15) is 9.90 Å². The second-order valence-corrected chi connectivity index (χ2v) is 7.50. The van der Waals surface area contributed by atoms with Crippen LogP contribution < -0.4 is 0 Å². The van der Waals surface area contributed by atoms with Crippen molar-refractivity contribution in [2.75, 3.05) is 0 Å². The molecule has 0 aliphatic heterocycles. The summed E-state index contributed by atoms with van der Waals surface area (Å²) in [7, 11) is 0. The van der Waals surface area contributed by atoms with E-state index in [1.165, 1.54) is 12.8 Å². The van der Waals surface area contributed by atoms with Gasteiger partial charge in [-0.2, -0.15) is 0 Å². The van der Waals surface area contributed by atoms with E-state index >= 15 is 0 Å². The Bertz CT molecular complexity index is 286. The van der Waals surface area contributed by atoms with E-state index in [2.05, 4.69) is 34.6 Å². The molecule has 0 amide bonds. The summed E-state index contributed by atoms with van der Waals surface area (Å²) in [6.45, 7) is 11.4. The van der Waals surface area contributed by atoms with Gasteiger partial charge in [0.25, 0.3) is 0 Å². The van der Waals surface area contributed by atoms with Crippen LogP contribution in [-0.4, -0.2) is 11.1 Å². The summed E-state index contributed by atoms with van der Waals surface area (Å²) in [5.41, 5.74) is 0.315. The SMILES string of the molecule is CCC(CC)CC1CC(C(C)(C)C)CCC1C(=O)O. The molecule has 1 rings (SSSR count). The predicted octanol–water partition coefficient (Wildman–Crippen LogP) is 4.98. The van der Waals surface area contributed by atoms with Gasteiger partial charge in [-0.3, -0.25) is 4.79 Å². The lowest BCUT2D eigenvalue weighted by Gasteiger charge is -2.41. The van der Waals surface area contributed by atoms with Crippen LogP contribution in [0, 0.1) is 29.1 Å². The molecule has 0 spiro atoms. The number of carbonyl (C=O) groups is 1. The predicted molar refractivity (Wildman–Crippen MR) is 80.1 cm³/mol. The second-order valence-electron chi connectivity index (χ2n) is 7.50. The molecular formula is C17H32O2. The van der Waals surface area contributed by atoms with Crippen LogP contribution in [0.5, 0.6) is 0 Å². The molecule has 2 nitrogen and oxygen atoms in total. The van der Waals surface area contributed by atoms with Gasteiger partial charge in [0.2, 0.25) is 0 Å². The van der Waals surface area contributed by atoms with Gasteiger partial charge >= 0.3 is 5.97 Å². The standard InChI is InChI=1S/C17H32O2/c1-6-12(7-2)10-13-11-14(17(3,4)5)8-9-15(13)16(18)19/h12-15H,6-11H2,1-5H3,(H,18,19). The first-order chi connectivity index (χ1) is 8.79. The average Bonchev–Trinajstić information content (AvgIpc) is 2.34. The van der Waals surface area contributed by atoms with E-state index < -0.39 is 5.97 Å². The van der Waals surface area contributed by atoms with Gasteiger partial charge in [0.05, 0.1) is 5.92 Å². The van der Waals surface area contributed by atoms with E-state index in [1.54, 1.807) is 0 Å². The number of carboxylic acid groups (broad SMARTS) is 1. The highest BCUT2D eigenvalue weighted by Crippen LogP contribution is 2.45. The molecule has 1 fully saturated rings. The van der Waals surface area contributed by atoms with Gasteiger partial charge in [-0.25, -0.2) is 0 Å². The molecule has 3 unspecified atom stereocenters. The highest BCUT2D eigenvalue weighted by atomic mass is 16.4. The molecule has 0 bridgehead atoms. The van der Waals surface area contributed by atoms with Crippen molar-refractivity contribution in [2.45, 2.75) is 73.1 Å². The summed E-state index contributed by atoms with van der Waals surface area (Å²) in [6, 6.07) is 0. The molecule has 1 saturated carbocycles. The summed E-state index contributed by atoms with van der Waals surface area (Å²) in [5, 5.41) is 9.46. The van der Waals surface area contributed by atoms with Crippen LogP contribution in [-0.2, 0) is 4.79 Å². The maximum atomic E-state index is 11.5. The molecule has 0 saturated heterocycles. The van der Waals surface area contributed by atoms with Crippen molar-refractivity contribution >= 4 is 5.97 Å². The summed E-state index contributed by atoms with van der Waals surface area (Å²) in [5.74, 6) is 1.11. The van der Waals surface area contributed by atoms with Crippen molar-refractivity contribution in [3.05, 3.63) is 0 Å². The van der Waals surface area contributed by atoms with Gasteiger partial charge in [-0.05, 0) is 48.9 Å². The summed E-state index contributed by atoms with van der Waals surface area (Å²) in [6.07, 6.45) is 6.54. The minimum absolute atomic E-state index is 0.0980. The number of hydrogen-bond acceptors (Lipinski definition) is 1. The van der Waals surface area contributed by atoms with Crippen LogP contribution in [0.15, 0.2) is 0 Å². The number of carboxylic acids is 1.